The van der Waals surface area contributed by atoms with Gasteiger partial charge in [-0.1, -0.05) is 37.3 Å². The van der Waals surface area contributed by atoms with E-state index in [-0.39, 0.29) is 16.7 Å². The molecule has 0 spiro atoms. The van der Waals surface area contributed by atoms with Crippen LogP contribution in [0.2, 0.25) is 0 Å². The number of anilines is 1. The summed E-state index contributed by atoms with van der Waals surface area (Å²) in [6.07, 6.45) is 6.10. The van der Waals surface area contributed by atoms with Crippen LogP contribution in [0.25, 0.3) is 10.4 Å². The fourth-order valence-electron chi connectivity index (χ4n) is 4.85. The molecule has 166 valence electrons. The molecule has 31 heavy (non-hydrogen) atoms. The van der Waals surface area contributed by atoms with Crippen molar-refractivity contribution in [3.05, 3.63) is 41.3 Å². The standard InChI is InChI=1S/C25H32N2O3S/c1-17-9-11-20(12-10-17)24(28)27(16-18-6-5-13-26-15-18)21-14-22(31-23(21)25(29)30)19-7-3-2-4-8-19/h2-4,7-8,14,17-18,20,26H,5-6,9-13,15-16H2,1H3,(H,29,30). The van der Waals surface area contributed by atoms with Gasteiger partial charge in [0.2, 0.25) is 5.91 Å². The van der Waals surface area contributed by atoms with Crippen LogP contribution in [-0.2, 0) is 4.79 Å². The number of aromatic carboxylic acids is 1. The van der Waals surface area contributed by atoms with Gasteiger partial charge >= 0.3 is 5.97 Å². The number of carboxylic acid groups (broad SMARTS) is 1. The number of carboxylic acids is 1. The summed E-state index contributed by atoms with van der Waals surface area (Å²) < 4.78 is 0. The number of thiophene rings is 1. The highest BCUT2D eigenvalue weighted by Gasteiger charge is 2.33. The van der Waals surface area contributed by atoms with E-state index in [0.29, 0.717) is 24.1 Å². The Morgan fingerprint density at radius 1 is 1.13 bits per heavy atom. The fourth-order valence-corrected chi connectivity index (χ4v) is 5.86. The van der Waals surface area contributed by atoms with Crippen LogP contribution in [0.15, 0.2) is 36.4 Å². The van der Waals surface area contributed by atoms with Crippen LogP contribution in [0, 0.1) is 17.8 Å². The molecule has 6 heteroatoms. The zero-order valence-electron chi connectivity index (χ0n) is 18.2. The van der Waals surface area contributed by atoms with Crippen molar-refractivity contribution in [3.8, 4) is 10.4 Å². The second-order valence-electron chi connectivity index (χ2n) is 9.11. The van der Waals surface area contributed by atoms with E-state index in [2.05, 4.69) is 12.2 Å². The smallest absolute Gasteiger partial charge is 0.348 e. The predicted octanol–water partition coefficient (Wildman–Crippen LogP) is 5.27. The van der Waals surface area contributed by atoms with Gasteiger partial charge in [0.05, 0.1) is 5.69 Å². The topological polar surface area (TPSA) is 69.6 Å². The molecule has 0 bridgehead atoms. The molecule has 2 aliphatic rings. The lowest BCUT2D eigenvalue weighted by atomic mass is 9.82. The van der Waals surface area contributed by atoms with E-state index in [1.165, 1.54) is 11.3 Å². The number of nitrogens with one attached hydrogen (secondary N) is 1. The van der Waals surface area contributed by atoms with Crippen molar-refractivity contribution >= 4 is 28.9 Å². The maximum absolute atomic E-state index is 13.7. The summed E-state index contributed by atoms with van der Waals surface area (Å²) >= 11 is 1.27. The lowest BCUT2D eigenvalue weighted by Crippen LogP contribution is -2.44. The van der Waals surface area contributed by atoms with E-state index in [9.17, 15) is 14.7 Å². The number of hydrogen-bond acceptors (Lipinski definition) is 4. The van der Waals surface area contributed by atoms with Crippen molar-refractivity contribution in [3.63, 3.8) is 0 Å². The second-order valence-corrected chi connectivity index (χ2v) is 10.2. The van der Waals surface area contributed by atoms with Gasteiger partial charge in [-0.3, -0.25) is 4.79 Å². The number of hydrogen-bond donors (Lipinski definition) is 2. The van der Waals surface area contributed by atoms with Crippen molar-refractivity contribution in [1.29, 1.82) is 0 Å². The molecule has 1 atom stereocenters. The summed E-state index contributed by atoms with van der Waals surface area (Å²) in [5.41, 5.74) is 1.56. The molecule has 0 radical (unpaired) electrons. The van der Waals surface area contributed by atoms with E-state index in [1.807, 2.05) is 41.3 Å². The Balaban J connectivity index is 1.68. The average Bonchev–Trinajstić information content (AvgIpc) is 3.24. The first-order chi connectivity index (χ1) is 15.0. The van der Waals surface area contributed by atoms with Gasteiger partial charge in [-0.2, -0.15) is 0 Å². The molecule has 1 aliphatic carbocycles. The maximum atomic E-state index is 13.7. The van der Waals surface area contributed by atoms with Crippen molar-refractivity contribution in [2.75, 3.05) is 24.5 Å². The van der Waals surface area contributed by atoms with E-state index in [0.717, 1.165) is 62.1 Å². The highest BCUT2D eigenvalue weighted by Crippen LogP contribution is 2.39. The van der Waals surface area contributed by atoms with Crippen molar-refractivity contribution < 1.29 is 14.7 Å². The number of carbonyl (C=O) groups excluding carboxylic acids is 1. The Morgan fingerprint density at radius 3 is 2.52 bits per heavy atom. The molecule has 2 fully saturated rings. The van der Waals surface area contributed by atoms with Gasteiger partial charge in [-0.05, 0) is 75.1 Å². The van der Waals surface area contributed by atoms with Crippen LogP contribution in [-0.4, -0.2) is 36.6 Å². The number of carbonyl (C=O) groups is 2. The third-order valence-electron chi connectivity index (χ3n) is 6.73. The molecule has 1 aliphatic heterocycles. The molecular weight excluding hydrogens is 408 g/mol. The molecule has 1 saturated carbocycles. The summed E-state index contributed by atoms with van der Waals surface area (Å²) in [5, 5.41) is 13.4. The average molecular weight is 441 g/mol. The zero-order valence-corrected chi connectivity index (χ0v) is 19.0. The first kappa shape index (κ1) is 22.0. The lowest BCUT2D eigenvalue weighted by Gasteiger charge is -2.34. The van der Waals surface area contributed by atoms with E-state index < -0.39 is 5.97 Å². The monoisotopic (exact) mass is 440 g/mol. The SMILES string of the molecule is CC1CCC(C(=O)N(CC2CCCNC2)c2cc(-c3ccccc3)sc2C(=O)O)CC1. The summed E-state index contributed by atoms with van der Waals surface area (Å²) in [5.74, 6) is 0.160. The third-order valence-corrected chi connectivity index (χ3v) is 7.89. The molecule has 1 amide bonds. The Kier molecular flexibility index (Phi) is 7.08. The molecule has 2 N–H and O–H groups in total. The molecule has 5 nitrogen and oxygen atoms in total. The fraction of sp³-hybridized carbons (Fsp3) is 0.520. The van der Waals surface area contributed by atoms with Crippen molar-refractivity contribution in [1.82, 2.24) is 5.32 Å². The minimum absolute atomic E-state index is 0.00512. The zero-order chi connectivity index (χ0) is 21.8. The van der Waals surface area contributed by atoms with Gasteiger partial charge in [-0.25, -0.2) is 4.79 Å². The first-order valence-electron chi connectivity index (χ1n) is 11.5. The third kappa shape index (κ3) is 5.18. The molecule has 1 saturated heterocycles. The quantitative estimate of drug-likeness (QED) is 0.642. The highest BCUT2D eigenvalue weighted by atomic mass is 32.1. The van der Waals surface area contributed by atoms with Crippen molar-refractivity contribution in [2.24, 2.45) is 17.8 Å². The van der Waals surface area contributed by atoms with E-state index >= 15 is 0 Å². The molecule has 1 aromatic heterocycles. The van der Waals surface area contributed by atoms with Crippen LogP contribution in [0.5, 0.6) is 0 Å². The van der Waals surface area contributed by atoms with E-state index in [1.54, 1.807) is 0 Å². The predicted molar refractivity (Wildman–Crippen MR) is 126 cm³/mol. The van der Waals surface area contributed by atoms with Crippen LogP contribution >= 0.6 is 11.3 Å². The Morgan fingerprint density at radius 2 is 1.87 bits per heavy atom. The molecule has 2 aromatic rings. The minimum Gasteiger partial charge on any atom is -0.477 e. The van der Waals surface area contributed by atoms with Gasteiger partial charge < -0.3 is 15.3 Å². The molecule has 1 unspecified atom stereocenters. The summed E-state index contributed by atoms with van der Waals surface area (Å²) in [4.78, 5) is 28.9. The Hall–Kier alpha value is -2.18. The Labute approximate surface area is 188 Å². The highest BCUT2D eigenvalue weighted by molar-refractivity contribution is 7.18. The number of benzene rings is 1. The minimum atomic E-state index is -0.959. The number of rotatable bonds is 6. The van der Waals surface area contributed by atoms with Crippen LogP contribution in [0.1, 0.15) is 55.1 Å². The Bertz CT molecular complexity index is 897. The summed E-state index contributed by atoms with van der Waals surface area (Å²) in [6.45, 7) is 4.73. The van der Waals surface area contributed by atoms with Crippen LogP contribution in [0.3, 0.4) is 0 Å². The maximum Gasteiger partial charge on any atom is 0.348 e. The van der Waals surface area contributed by atoms with Gasteiger partial charge in [-0.15, -0.1) is 11.3 Å². The lowest BCUT2D eigenvalue weighted by molar-refractivity contribution is -0.123. The molecule has 1 aromatic carbocycles. The largest absolute Gasteiger partial charge is 0.477 e. The summed E-state index contributed by atoms with van der Waals surface area (Å²) in [7, 11) is 0. The van der Waals surface area contributed by atoms with Gasteiger partial charge in [0.25, 0.3) is 0 Å². The van der Waals surface area contributed by atoms with Gasteiger partial charge in [0.1, 0.15) is 4.88 Å². The first-order valence-corrected chi connectivity index (χ1v) is 12.3. The normalized spacial score (nSPS) is 24.0. The van der Waals surface area contributed by atoms with Crippen molar-refractivity contribution in [2.45, 2.75) is 45.4 Å². The second kappa shape index (κ2) is 9.96. The number of nitrogens with zero attached hydrogens (tertiary/aromatic N) is 1. The molecule has 2 heterocycles. The number of piperidine rings is 1. The van der Waals surface area contributed by atoms with E-state index in [4.69, 9.17) is 0 Å². The number of amides is 1. The van der Waals surface area contributed by atoms with Crippen LogP contribution in [0.4, 0.5) is 5.69 Å². The van der Waals surface area contributed by atoms with Gasteiger partial charge in [0.15, 0.2) is 0 Å². The van der Waals surface area contributed by atoms with Gasteiger partial charge in [0, 0.05) is 17.3 Å². The van der Waals surface area contributed by atoms with Crippen LogP contribution < -0.4 is 10.2 Å². The molecule has 4 rings (SSSR count). The summed E-state index contributed by atoms with van der Waals surface area (Å²) in [6, 6.07) is 11.8. The molecular formula is C25H32N2O3S.